The van der Waals surface area contributed by atoms with Crippen LogP contribution in [0.4, 0.5) is 13.2 Å². The van der Waals surface area contributed by atoms with Crippen molar-refractivity contribution < 1.29 is 37.1 Å². The predicted molar refractivity (Wildman–Crippen MR) is 119 cm³/mol. The van der Waals surface area contributed by atoms with E-state index in [0.29, 0.717) is 12.1 Å². The van der Waals surface area contributed by atoms with E-state index in [4.69, 9.17) is 10.5 Å². The lowest BCUT2D eigenvalue weighted by atomic mass is 10.0. The van der Waals surface area contributed by atoms with Crippen LogP contribution >= 0.6 is 11.8 Å². The Kier molecular flexibility index (Phi) is 9.92. The van der Waals surface area contributed by atoms with Gasteiger partial charge in [0.15, 0.2) is 16.7 Å². The molecule has 0 aromatic heterocycles. The van der Waals surface area contributed by atoms with E-state index in [1.165, 1.54) is 18.9 Å². The van der Waals surface area contributed by atoms with Crippen molar-refractivity contribution in [1.82, 2.24) is 10.2 Å². The van der Waals surface area contributed by atoms with Crippen LogP contribution < -0.4 is 11.1 Å². The molecule has 1 fully saturated rings. The van der Waals surface area contributed by atoms with Crippen LogP contribution in [0.1, 0.15) is 32.3 Å². The third-order valence-corrected chi connectivity index (χ3v) is 6.47. The fourth-order valence-corrected chi connectivity index (χ4v) is 4.37. The molecule has 1 aromatic carbocycles. The zero-order valence-corrected chi connectivity index (χ0v) is 19.9. The molecule has 1 aliphatic rings. The number of hydrogen-bond acceptors (Lipinski definition) is 7. The Labute approximate surface area is 199 Å². The molecule has 0 unspecified atom stereocenters. The van der Waals surface area contributed by atoms with Gasteiger partial charge in [-0.2, -0.15) is 0 Å². The molecule has 34 heavy (non-hydrogen) atoms. The molecule has 0 bridgehead atoms. The van der Waals surface area contributed by atoms with Gasteiger partial charge >= 0.3 is 5.97 Å². The summed E-state index contributed by atoms with van der Waals surface area (Å²) in [7, 11) is 1.20. The van der Waals surface area contributed by atoms with Gasteiger partial charge in [-0.25, -0.2) is 18.0 Å². The first-order valence-corrected chi connectivity index (χ1v) is 11.6. The second kappa shape index (κ2) is 12.2. The smallest absolute Gasteiger partial charge is 0.328 e. The molecule has 8 nitrogen and oxygen atoms in total. The number of nitrogens with zero attached hydrogens (tertiary/aromatic N) is 1. The summed E-state index contributed by atoms with van der Waals surface area (Å²) in [4.78, 5) is 50.0. The molecule has 1 aliphatic heterocycles. The second-order valence-electron chi connectivity index (χ2n) is 8.26. The number of hydrogen-bond donors (Lipinski definition) is 2. The maximum Gasteiger partial charge on any atom is 0.328 e. The van der Waals surface area contributed by atoms with Gasteiger partial charge in [0.25, 0.3) is 0 Å². The molecule has 0 aliphatic carbocycles. The topological polar surface area (TPSA) is 119 Å². The van der Waals surface area contributed by atoms with Gasteiger partial charge in [-0.15, -0.1) is 0 Å². The van der Waals surface area contributed by atoms with Crippen LogP contribution in [-0.4, -0.2) is 65.3 Å². The maximum atomic E-state index is 13.8. The van der Waals surface area contributed by atoms with Crippen LogP contribution in [0.25, 0.3) is 0 Å². The average molecular weight is 504 g/mol. The number of rotatable bonds is 9. The summed E-state index contributed by atoms with van der Waals surface area (Å²) in [5.41, 5.74) is 5.74. The highest BCUT2D eigenvalue weighted by atomic mass is 32.2. The van der Waals surface area contributed by atoms with Crippen molar-refractivity contribution in [3.05, 3.63) is 35.1 Å². The number of thioether (sulfide) groups is 1. The number of nitrogens with one attached hydrogen (secondary N) is 1. The number of likely N-dealkylation sites (tertiary alicyclic amines) is 1. The van der Waals surface area contributed by atoms with E-state index in [-0.39, 0.29) is 48.1 Å². The van der Waals surface area contributed by atoms with Crippen molar-refractivity contribution in [2.75, 3.05) is 19.4 Å². The van der Waals surface area contributed by atoms with Crippen LogP contribution in [0.5, 0.6) is 0 Å². The molecular weight excluding hydrogens is 475 g/mol. The van der Waals surface area contributed by atoms with Gasteiger partial charge in [0, 0.05) is 56.1 Å². The number of amides is 2. The van der Waals surface area contributed by atoms with Crippen molar-refractivity contribution in [2.24, 2.45) is 11.7 Å². The lowest BCUT2D eigenvalue weighted by molar-refractivity contribution is -0.151. The average Bonchev–Trinajstić information content (AvgIpc) is 3.17. The highest BCUT2D eigenvalue weighted by Crippen LogP contribution is 2.23. The molecule has 1 aromatic rings. The minimum absolute atomic E-state index is 0.0620. The number of methoxy groups -OCH3 is 1. The second-order valence-corrected chi connectivity index (χ2v) is 9.46. The first-order valence-electron chi connectivity index (χ1n) is 10.6. The molecule has 12 heteroatoms. The molecule has 3 N–H and O–H groups in total. The van der Waals surface area contributed by atoms with Gasteiger partial charge in [-0.3, -0.25) is 14.4 Å². The Morgan fingerprint density at radius 3 is 2.47 bits per heavy atom. The normalized spacial score (nSPS) is 19.4. The minimum atomic E-state index is -1.32. The van der Waals surface area contributed by atoms with E-state index in [2.05, 4.69) is 5.32 Å². The summed E-state index contributed by atoms with van der Waals surface area (Å²) >= 11 is 1.01. The van der Waals surface area contributed by atoms with Crippen molar-refractivity contribution >= 4 is 34.7 Å². The summed E-state index contributed by atoms with van der Waals surface area (Å²) in [5, 5.41) is 2.58. The van der Waals surface area contributed by atoms with E-state index in [1.54, 1.807) is 6.92 Å². The van der Waals surface area contributed by atoms with Crippen molar-refractivity contribution in [3.63, 3.8) is 0 Å². The van der Waals surface area contributed by atoms with E-state index in [0.717, 1.165) is 11.8 Å². The van der Waals surface area contributed by atoms with Crippen molar-refractivity contribution in [2.45, 2.75) is 51.2 Å². The van der Waals surface area contributed by atoms with Gasteiger partial charge in [0.05, 0.1) is 7.11 Å². The number of esters is 1. The largest absolute Gasteiger partial charge is 0.467 e. The first kappa shape index (κ1) is 27.6. The zero-order valence-electron chi connectivity index (χ0n) is 19.1. The third-order valence-electron chi connectivity index (χ3n) is 5.40. The molecule has 1 saturated heterocycles. The van der Waals surface area contributed by atoms with Gasteiger partial charge in [0.1, 0.15) is 11.9 Å². The number of halogens is 3. The molecule has 0 radical (unpaired) electrons. The van der Waals surface area contributed by atoms with E-state index < -0.39 is 53.4 Å². The molecule has 2 amide bonds. The molecule has 188 valence electrons. The Morgan fingerprint density at radius 1 is 1.21 bits per heavy atom. The van der Waals surface area contributed by atoms with Crippen LogP contribution in [0.3, 0.4) is 0 Å². The van der Waals surface area contributed by atoms with Gasteiger partial charge in [-0.1, -0.05) is 18.7 Å². The molecule has 2 rings (SSSR count). The first-order chi connectivity index (χ1) is 15.9. The fourth-order valence-electron chi connectivity index (χ4n) is 3.74. The van der Waals surface area contributed by atoms with Crippen LogP contribution in [0, 0.1) is 23.4 Å². The van der Waals surface area contributed by atoms with Crippen LogP contribution in [-0.2, 0) is 30.3 Å². The third kappa shape index (κ3) is 7.45. The van der Waals surface area contributed by atoms with Gasteiger partial charge < -0.3 is 20.7 Å². The summed E-state index contributed by atoms with van der Waals surface area (Å²) in [6.45, 7) is 3.10. The number of carbonyl (C=O) groups is 4. The minimum Gasteiger partial charge on any atom is -0.467 e. The standard InChI is InChI=1S/C22H28F3N3O5S/c1-11(10-34-12(2)29)21(31)28-9-15(7-19(28)22(32)33-3)27-20(30)6-14(26)4-13-5-17(24)18(25)8-16(13)23/h5,8,11,14-15,19H,4,6-7,9-10,26H2,1-3H3,(H,27,30)/t11-,14-,15+,19+/m1/s1. The zero-order chi connectivity index (χ0) is 25.6. The summed E-state index contributed by atoms with van der Waals surface area (Å²) in [6, 6.07) is -1.20. The lowest BCUT2D eigenvalue weighted by Crippen LogP contribution is -2.45. The van der Waals surface area contributed by atoms with Crippen LogP contribution in [0.15, 0.2) is 12.1 Å². The monoisotopic (exact) mass is 503 g/mol. The number of carbonyl (C=O) groups excluding carboxylic acids is 4. The Hall–Kier alpha value is -2.60. The molecule has 1 heterocycles. The van der Waals surface area contributed by atoms with Crippen molar-refractivity contribution in [1.29, 1.82) is 0 Å². The molecule has 4 atom stereocenters. The number of ether oxygens (including phenoxy) is 1. The van der Waals surface area contributed by atoms with E-state index in [1.807, 2.05) is 0 Å². The highest BCUT2D eigenvalue weighted by molar-refractivity contribution is 8.13. The SMILES string of the molecule is COC(=O)[C@@H]1C[C@H](NC(=O)C[C@H](N)Cc2cc(F)c(F)cc2F)CN1C(=O)[C@H](C)CSC(C)=O. The summed E-state index contributed by atoms with van der Waals surface area (Å²) in [6.07, 6.45) is -0.303. The van der Waals surface area contributed by atoms with Gasteiger partial charge in [-0.05, 0) is 18.1 Å². The molecule has 0 spiro atoms. The van der Waals surface area contributed by atoms with Crippen LogP contribution in [0.2, 0.25) is 0 Å². The lowest BCUT2D eigenvalue weighted by Gasteiger charge is -2.25. The Balaban J connectivity index is 1.98. The highest BCUT2D eigenvalue weighted by Gasteiger charge is 2.42. The van der Waals surface area contributed by atoms with E-state index >= 15 is 0 Å². The number of benzene rings is 1. The number of nitrogens with two attached hydrogens (primary N) is 1. The predicted octanol–water partition coefficient (Wildman–Crippen LogP) is 1.54. The van der Waals surface area contributed by atoms with Gasteiger partial charge in [0.2, 0.25) is 11.8 Å². The van der Waals surface area contributed by atoms with Crippen molar-refractivity contribution in [3.8, 4) is 0 Å². The fraction of sp³-hybridized carbons (Fsp3) is 0.545. The maximum absolute atomic E-state index is 13.8. The quantitative estimate of drug-likeness (QED) is 0.388. The Bertz CT molecular complexity index is 949. The summed E-state index contributed by atoms with van der Waals surface area (Å²) < 4.78 is 45.1. The Morgan fingerprint density at radius 2 is 1.85 bits per heavy atom. The summed E-state index contributed by atoms with van der Waals surface area (Å²) in [5.74, 6) is -5.24. The van der Waals surface area contributed by atoms with E-state index in [9.17, 15) is 32.3 Å². The molecule has 0 saturated carbocycles. The molecular formula is C22H28F3N3O5S.